The van der Waals surface area contributed by atoms with Crippen LogP contribution in [0.2, 0.25) is 18.6 Å². The molecule has 3 aromatic carbocycles. The van der Waals surface area contributed by atoms with Crippen molar-refractivity contribution in [2.24, 2.45) is 5.92 Å². The topological polar surface area (TPSA) is 108 Å². The van der Waals surface area contributed by atoms with E-state index in [4.69, 9.17) is 9.47 Å². The van der Waals surface area contributed by atoms with Crippen LogP contribution in [0.15, 0.2) is 72.8 Å². The van der Waals surface area contributed by atoms with Gasteiger partial charge in [0.1, 0.15) is 5.75 Å². The highest BCUT2D eigenvalue weighted by atomic mass is 28.4. The summed E-state index contributed by atoms with van der Waals surface area (Å²) in [5.74, 6) is -0.0142. The number of carbonyl (C=O) groups is 2. The smallest absolute Gasteiger partial charge is 0.264 e. The predicted octanol–water partition coefficient (Wildman–Crippen LogP) is 4.67. The Hall–Kier alpha value is -3.50. The van der Waals surface area contributed by atoms with Gasteiger partial charge >= 0.3 is 0 Å². The highest BCUT2D eigenvalue weighted by Gasteiger charge is 2.65. The van der Waals surface area contributed by atoms with Crippen LogP contribution >= 0.6 is 0 Å². The van der Waals surface area contributed by atoms with Gasteiger partial charge in [0, 0.05) is 34.9 Å². The number of nitrogens with zero attached hydrogens (tertiary/aromatic N) is 1. The third-order valence-electron chi connectivity index (χ3n) is 8.18. The van der Waals surface area contributed by atoms with Crippen LogP contribution in [0.5, 0.6) is 5.75 Å². The molecule has 2 aliphatic heterocycles. The summed E-state index contributed by atoms with van der Waals surface area (Å²) in [5.41, 5.74) is 2.09. The number of rotatable bonds is 8. The van der Waals surface area contributed by atoms with Gasteiger partial charge in [0.25, 0.3) is 11.8 Å². The lowest BCUT2D eigenvalue weighted by Crippen LogP contribution is -2.46. The van der Waals surface area contributed by atoms with E-state index in [-0.39, 0.29) is 36.4 Å². The van der Waals surface area contributed by atoms with E-state index < -0.39 is 20.0 Å². The van der Waals surface area contributed by atoms with Crippen LogP contribution in [-0.4, -0.2) is 49.9 Å². The molecule has 4 atom stereocenters. The molecule has 5 rings (SSSR count). The molecule has 8 nitrogen and oxygen atoms in total. The zero-order valence-corrected chi connectivity index (χ0v) is 24.3. The number of methoxy groups -OCH3 is 1. The number of para-hydroxylation sites is 1. The number of aliphatic hydroxyl groups is 1. The third kappa shape index (κ3) is 4.83. The minimum atomic E-state index is -2.74. The third-order valence-corrected chi connectivity index (χ3v) is 10.7. The van der Waals surface area contributed by atoms with Crippen molar-refractivity contribution in [1.82, 2.24) is 0 Å². The lowest BCUT2D eigenvalue weighted by atomic mass is 9.82. The van der Waals surface area contributed by atoms with Crippen molar-refractivity contribution in [3.05, 3.63) is 89.5 Å². The minimum Gasteiger partial charge on any atom is -0.497 e. The van der Waals surface area contributed by atoms with E-state index in [1.807, 2.05) is 68.5 Å². The molecule has 2 amide bonds. The Morgan fingerprint density at radius 1 is 1.10 bits per heavy atom. The lowest BCUT2D eigenvalue weighted by Gasteiger charge is -2.32. The monoisotopic (exact) mass is 560 g/mol. The molecule has 0 saturated carbocycles. The van der Waals surface area contributed by atoms with Crippen LogP contribution in [0.25, 0.3) is 0 Å². The molecule has 1 saturated heterocycles. The SMILES string of the molecule is COc1ccc(C(=O)Nc2cccc(CN3C(=O)[C@@]4(O[C@@H](CCO)[C@H]([Si](C)(C)O)[C@H]4C)c4ccccc43)c2)cc1. The van der Waals surface area contributed by atoms with Crippen molar-refractivity contribution in [2.75, 3.05) is 23.9 Å². The first-order chi connectivity index (χ1) is 19.1. The Bertz CT molecular complexity index is 1410. The van der Waals surface area contributed by atoms with Crippen molar-refractivity contribution in [1.29, 1.82) is 0 Å². The molecule has 0 bridgehead atoms. The number of carbonyl (C=O) groups excluding carboxylic acids is 2. The maximum absolute atomic E-state index is 14.3. The summed E-state index contributed by atoms with van der Waals surface area (Å²) in [6.07, 6.45) is -0.0563. The van der Waals surface area contributed by atoms with Crippen LogP contribution in [-0.2, 0) is 21.7 Å². The highest BCUT2D eigenvalue weighted by molar-refractivity contribution is 6.71. The van der Waals surface area contributed by atoms with E-state index >= 15 is 0 Å². The fourth-order valence-corrected chi connectivity index (χ4v) is 9.06. The summed E-state index contributed by atoms with van der Waals surface area (Å²) in [6.45, 7) is 5.93. The van der Waals surface area contributed by atoms with E-state index in [0.717, 1.165) is 16.8 Å². The Labute approximate surface area is 235 Å². The van der Waals surface area contributed by atoms with Crippen molar-refractivity contribution in [3.8, 4) is 5.75 Å². The molecule has 0 aliphatic carbocycles. The molecule has 0 radical (unpaired) electrons. The van der Waals surface area contributed by atoms with Gasteiger partial charge in [-0.05, 0) is 67.5 Å². The van der Waals surface area contributed by atoms with Crippen LogP contribution in [0, 0.1) is 5.92 Å². The summed E-state index contributed by atoms with van der Waals surface area (Å²) in [6, 6.07) is 22.0. The fourth-order valence-electron chi connectivity index (χ4n) is 6.46. The van der Waals surface area contributed by atoms with Gasteiger partial charge in [0.2, 0.25) is 0 Å². The second-order valence-corrected chi connectivity index (χ2v) is 15.1. The number of anilines is 2. The van der Waals surface area contributed by atoms with E-state index in [1.165, 1.54) is 0 Å². The lowest BCUT2D eigenvalue weighted by molar-refractivity contribution is -0.146. The Balaban J connectivity index is 1.42. The Morgan fingerprint density at radius 2 is 1.82 bits per heavy atom. The normalized spacial score (nSPS) is 23.9. The molecule has 0 aromatic heterocycles. The number of benzene rings is 3. The predicted molar refractivity (Wildman–Crippen MR) is 156 cm³/mol. The maximum atomic E-state index is 14.3. The average molecular weight is 561 g/mol. The number of nitrogens with one attached hydrogen (secondary N) is 1. The standard InChI is InChI=1S/C31H36N2O6Si/c1-20-28(40(3,4)37)27(16-17-34)39-31(20)25-10-5-6-11-26(25)33(30(31)36)19-21-8-7-9-23(18-21)32-29(35)22-12-14-24(38-2)15-13-22/h5-15,18,20,27-28,34,37H,16-17,19H2,1-4H3,(H,32,35)/t20-,27+,28-,31+/m1/s1. The molecule has 3 N–H and O–H groups in total. The molecule has 9 heteroatoms. The number of aliphatic hydroxyl groups excluding tert-OH is 1. The Kier molecular flexibility index (Phi) is 7.58. The molecule has 3 aromatic rings. The number of fused-ring (bicyclic) bond motifs is 2. The summed E-state index contributed by atoms with van der Waals surface area (Å²) in [5, 5.41) is 12.7. The molecule has 1 fully saturated rings. The van der Waals surface area contributed by atoms with Crippen molar-refractivity contribution < 1.29 is 29.0 Å². The first-order valence-corrected chi connectivity index (χ1v) is 16.6. The molecule has 2 heterocycles. The maximum Gasteiger partial charge on any atom is 0.264 e. The molecular formula is C31H36N2O6Si. The van der Waals surface area contributed by atoms with E-state index in [2.05, 4.69) is 5.32 Å². The molecule has 210 valence electrons. The van der Waals surface area contributed by atoms with Crippen LogP contribution in [0.3, 0.4) is 0 Å². The van der Waals surface area contributed by atoms with Crippen molar-refractivity contribution in [2.45, 2.75) is 50.2 Å². The highest BCUT2D eigenvalue weighted by Crippen LogP contribution is 2.59. The van der Waals surface area contributed by atoms with Crippen molar-refractivity contribution in [3.63, 3.8) is 0 Å². The zero-order chi connectivity index (χ0) is 28.7. The molecule has 0 unspecified atom stereocenters. The zero-order valence-electron chi connectivity index (χ0n) is 23.3. The van der Waals surface area contributed by atoms with E-state index in [1.54, 1.807) is 36.3 Å². The van der Waals surface area contributed by atoms with Gasteiger partial charge in [-0.15, -0.1) is 0 Å². The number of hydrogen-bond acceptors (Lipinski definition) is 6. The molecular weight excluding hydrogens is 524 g/mol. The number of ether oxygens (including phenoxy) is 2. The summed E-state index contributed by atoms with van der Waals surface area (Å²) < 4.78 is 11.8. The fraction of sp³-hybridized carbons (Fsp3) is 0.355. The van der Waals surface area contributed by atoms with Crippen LogP contribution in [0.1, 0.15) is 34.8 Å². The number of hydrogen-bond donors (Lipinski definition) is 3. The summed E-state index contributed by atoms with van der Waals surface area (Å²) in [4.78, 5) is 40.1. The van der Waals surface area contributed by atoms with Crippen LogP contribution in [0.4, 0.5) is 11.4 Å². The quantitative estimate of drug-likeness (QED) is 0.346. The molecule has 40 heavy (non-hydrogen) atoms. The second-order valence-electron chi connectivity index (χ2n) is 11.2. The van der Waals surface area contributed by atoms with Gasteiger partial charge in [-0.3, -0.25) is 9.59 Å². The molecule has 2 aliphatic rings. The Morgan fingerprint density at radius 3 is 2.50 bits per heavy atom. The van der Waals surface area contributed by atoms with Crippen LogP contribution < -0.4 is 15.0 Å². The van der Waals surface area contributed by atoms with Gasteiger partial charge < -0.3 is 29.6 Å². The van der Waals surface area contributed by atoms with Gasteiger partial charge in [-0.2, -0.15) is 0 Å². The summed E-state index contributed by atoms with van der Waals surface area (Å²) >= 11 is 0. The van der Waals surface area contributed by atoms with E-state index in [9.17, 15) is 19.5 Å². The second kappa shape index (κ2) is 10.8. The van der Waals surface area contributed by atoms with E-state index in [0.29, 0.717) is 23.4 Å². The van der Waals surface area contributed by atoms with Crippen molar-refractivity contribution >= 4 is 31.5 Å². The first-order valence-electron chi connectivity index (χ1n) is 13.6. The number of amides is 2. The van der Waals surface area contributed by atoms with Gasteiger partial charge in [-0.1, -0.05) is 37.3 Å². The largest absolute Gasteiger partial charge is 0.497 e. The van der Waals surface area contributed by atoms with Gasteiger partial charge in [0.05, 0.1) is 25.4 Å². The molecule has 1 spiro atoms. The van der Waals surface area contributed by atoms with Gasteiger partial charge in [0.15, 0.2) is 13.9 Å². The minimum absolute atomic E-state index is 0.0803. The van der Waals surface area contributed by atoms with Gasteiger partial charge in [-0.25, -0.2) is 0 Å². The average Bonchev–Trinajstić information content (AvgIpc) is 3.36. The summed E-state index contributed by atoms with van der Waals surface area (Å²) in [7, 11) is -1.16. The first kappa shape index (κ1) is 28.0.